The fraction of sp³-hybridized carbons (Fsp3) is 0.650. The molecule has 0 aliphatic heterocycles. The molecule has 0 aliphatic rings. The van der Waals surface area contributed by atoms with Gasteiger partial charge in [-0.25, -0.2) is 0 Å². The zero-order chi connectivity index (χ0) is 16.7. The topological polar surface area (TPSA) is 12.4 Å². The Labute approximate surface area is 131 Å². The van der Waals surface area contributed by atoms with Crippen molar-refractivity contribution in [3.05, 3.63) is 33.4 Å². The van der Waals surface area contributed by atoms with Gasteiger partial charge in [0.2, 0.25) is 0 Å². The highest BCUT2D eigenvalue weighted by Crippen LogP contribution is 2.45. The lowest BCUT2D eigenvalue weighted by molar-refractivity contribution is 0.224. The van der Waals surface area contributed by atoms with Gasteiger partial charge in [0.05, 0.1) is 0 Å². The summed E-state index contributed by atoms with van der Waals surface area (Å²) in [7, 11) is 1.90. The normalized spacial score (nSPS) is 13.8. The van der Waals surface area contributed by atoms with Gasteiger partial charge in [-0.15, -0.1) is 0 Å². The van der Waals surface area contributed by atoms with Crippen LogP contribution in [0.25, 0.3) is 0 Å². The molecular formula is C20H33N. The number of hydrogen-bond donors (Lipinski definition) is 0. The highest BCUT2D eigenvalue weighted by molar-refractivity contribution is 6.02. The fourth-order valence-corrected chi connectivity index (χ4v) is 3.03. The quantitative estimate of drug-likeness (QED) is 0.620. The monoisotopic (exact) mass is 287 g/mol. The molecule has 0 amide bonds. The Morgan fingerprint density at radius 3 is 1.57 bits per heavy atom. The van der Waals surface area contributed by atoms with Crippen molar-refractivity contribution in [3.8, 4) is 0 Å². The minimum Gasteiger partial charge on any atom is -0.293 e. The first kappa shape index (κ1) is 17.9. The Morgan fingerprint density at radius 2 is 1.19 bits per heavy atom. The summed E-state index contributed by atoms with van der Waals surface area (Å²) in [6.45, 7) is 22.9. The van der Waals surface area contributed by atoms with Crippen LogP contribution < -0.4 is 0 Å². The second-order valence-electron chi connectivity index (χ2n) is 7.93. The zero-order valence-corrected chi connectivity index (χ0v) is 15.9. The van der Waals surface area contributed by atoms with E-state index in [-0.39, 0.29) is 10.8 Å². The second-order valence-corrected chi connectivity index (χ2v) is 7.93. The van der Waals surface area contributed by atoms with Gasteiger partial charge >= 0.3 is 0 Å². The lowest BCUT2D eigenvalue weighted by Gasteiger charge is -2.43. The summed E-state index contributed by atoms with van der Waals surface area (Å²) in [6, 6.07) is 0. The molecular weight excluding hydrogens is 254 g/mol. The van der Waals surface area contributed by atoms with E-state index in [0.29, 0.717) is 0 Å². The Hall–Kier alpha value is -1.11. The van der Waals surface area contributed by atoms with E-state index in [1.807, 2.05) is 7.05 Å². The molecule has 0 atom stereocenters. The molecule has 0 aromatic heterocycles. The molecule has 0 saturated heterocycles. The summed E-state index contributed by atoms with van der Waals surface area (Å²) in [5.74, 6) is 0. The van der Waals surface area contributed by atoms with Crippen LogP contribution in [0.4, 0.5) is 0 Å². The molecule has 0 fully saturated rings. The molecule has 0 aliphatic carbocycles. The van der Waals surface area contributed by atoms with Crippen molar-refractivity contribution >= 4 is 5.71 Å². The van der Waals surface area contributed by atoms with E-state index >= 15 is 0 Å². The molecule has 0 unspecified atom stereocenters. The van der Waals surface area contributed by atoms with Gasteiger partial charge in [-0.2, -0.15) is 0 Å². The smallest absolute Gasteiger partial charge is 0.0392 e. The predicted octanol–water partition coefficient (Wildman–Crippen LogP) is 5.68. The third-order valence-electron chi connectivity index (χ3n) is 5.88. The van der Waals surface area contributed by atoms with E-state index in [2.05, 4.69) is 74.2 Å². The van der Waals surface area contributed by atoms with Crippen molar-refractivity contribution < 1.29 is 0 Å². The van der Waals surface area contributed by atoms with E-state index < -0.39 is 0 Å². The fourth-order valence-electron chi connectivity index (χ4n) is 3.03. The molecule has 1 aromatic rings. The molecule has 0 N–H and O–H groups in total. The van der Waals surface area contributed by atoms with E-state index in [9.17, 15) is 0 Å². The average molecular weight is 287 g/mol. The molecule has 1 aromatic carbocycles. The first-order chi connectivity index (χ1) is 9.37. The third-order valence-corrected chi connectivity index (χ3v) is 5.88. The summed E-state index contributed by atoms with van der Waals surface area (Å²) < 4.78 is 0. The lowest BCUT2D eigenvalue weighted by atomic mass is 9.62. The summed E-state index contributed by atoms with van der Waals surface area (Å²) in [6.07, 6.45) is 0. The Morgan fingerprint density at radius 1 is 0.762 bits per heavy atom. The molecule has 1 rings (SSSR count). The van der Waals surface area contributed by atoms with Gasteiger partial charge in [0, 0.05) is 18.3 Å². The third kappa shape index (κ3) is 2.80. The van der Waals surface area contributed by atoms with Crippen molar-refractivity contribution in [3.63, 3.8) is 0 Å². The lowest BCUT2D eigenvalue weighted by Crippen LogP contribution is -2.37. The number of rotatable bonds is 2. The molecule has 118 valence electrons. The van der Waals surface area contributed by atoms with Crippen LogP contribution in [0.1, 0.15) is 74.9 Å². The standard InChI is InChI=1S/C20H33N/c1-12-13(2)15(4)18(20(9,10)19(6,7)8)17(14(12)3)16(5)21-11/h1-11H3. The SMILES string of the molecule is CN=C(C)c1c(C)c(C)c(C)c(C)c1C(C)(C)C(C)(C)C. The van der Waals surface area contributed by atoms with Crippen molar-refractivity contribution in [2.45, 2.75) is 74.7 Å². The van der Waals surface area contributed by atoms with Gasteiger partial charge in [0.1, 0.15) is 0 Å². The van der Waals surface area contributed by atoms with Gasteiger partial charge < -0.3 is 0 Å². The van der Waals surface area contributed by atoms with E-state index in [0.717, 1.165) is 5.71 Å². The van der Waals surface area contributed by atoms with Gasteiger partial charge in [0.25, 0.3) is 0 Å². The predicted molar refractivity (Wildman–Crippen MR) is 96.0 cm³/mol. The van der Waals surface area contributed by atoms with Crippen LogP contribution in [0.2, 0.25) is 0 Å². The summed E-state index contributed by atoms with van der Waals surface area (Å²) in [5, 5.41) is 0. The maximum Gasteiger partial charge on any atom is 0.0392 e. The Kier molecular flexibility index (Phi) is 4.77. The number of hydrogen-bond acceptors (Lipinski definition) is 1. The molecule has 0 saturated carbocycles. The summed E-state index contributed by atoms with van der Waals surface area (Å²) in [4.78, 5) is 4.50. The molecule has 0 heterocycles. The molecule has 0 bridgehead atoms. The highest BCUT2D eigenvalue weighted by Gasteiger charge is 2.38. The average Bonchev–Trinajstić information content (AvgIpc) is 2.37. The molecule has 0 radical (unpaired) electrons. The highest BCUT2D eigenvalue weighted by atomic mass is 14.7. The van der Waals surface area contributed by atoms with Crippen LogP contribution in [0.5, 0.6) is 0 Å². The van der Waals surface area contributed by atoms with E-state index in [1.165, 1.54) is 33.4 Å². The van der Waals surface area contributed by atoms with Crippen molar-refractivity contribution in [2.24, 2.45) is 10.4 Å². The van der Waals surface area contributed by atoms with Gasteiger partial charge in [-0.05, 0) is 73.3 Å². The Balaban J connectivity index is 3.98. The van der Waals surface area contributed by atoms with Crippen molar-refractivity contribution in [2.75, 3.05) is 7.05 Å². The molecule has 0 spiro atoms. The molecule has 1 nitrogen and oxygen atoms in total. The van der Waals surface area contributed by atoms with Crippen LogP contribution >= 0.6 is 0 Å². The molecule has 1 heteroatoms. The molecule has 21 heavy (non-hydrogen) atoms. The largest absolute Gasteiger partial charge is 0.293 e. The number of nitrogens with zero attached hydrogens (tertiary/aromatic N) is 1. The number of aliphatic imine (C=N–C) groups is 1. The van der Waals surface area contributed by atoms with Crippen LogP contribution in [0.3, 0.4) is 0 Å². The van der Waals surface area contributed by atoms with Crippen LogP contribution in [-0.4, -0.2) is 12.8 Å². The van der Waals surface area contributed by atoms with Gasteiger partial charge in [-0.1, -0.05) is 34.6 Å². The summed E-state index contributed by atoms with van der Waals surface area (Å²) >= 11 is 0. The van der Waals surface area contributed by atoms with Gasteiger partial charge in [-0.3, -0.25) is 4.99 Å². The van der Waals surface area contributed by atoms with E-state index in [1.54, 1.807) is 0 Å². The zero-order valence-electron chi connectivity index (χ0n) is 15.9. The van der Waals surface area contributed by atoms with Crippen molar-refractivity contribution in [1.29, 1.82) is 0 Å². The minimum absolute atomic E-state index is 0.0849. The first-order valence-corrected chi connectivity index (χ1v) is 7.92. The second kappa shape index (κ2) is 5.59. The maximum atomic E-state index is 4.50. The van der Waals surface area contributed by atoms with Crippen LogP contribution in [0, 0.1) is 33.1 Å². The van der Waals surface area contributed by atoms with Crippen molar-refractivity contribution in [1.82, 2.24) is 0 Å². The van der Waals surface area contributed by atoms with Crippen LogP contribution in [-0.2, 0) is 5.41 Å². The first-order valence-electron chi connectivity index (χ1n) is 7.92. The Bertz CT molecular complexity index is 581. The maximum absolute atomic E-state index is 4.50. The van der Waals surface area contributed by atoms with Gasteiger partial charge in [0.15, 0.2) is 0 Å². The minimum atomic E-state index is 0.0849. The number of benzene rings is 1. The summed E-state index contributed by atoms with van der Waals surface area (Å²) in [5.41, 5.74) is 9.88. The van der Waals surface area contributed by atoms with E-state index in [4.69, 9.17) is 0 Å². The van der Waals surface area contributed by atoms with Crippen LogP contribution in [0.15, 0.2) is 4.99 Å².